The summed E-state index contributed by atoms with van der Waals surface area (Å²) in [5, 5.41) is 8.38. The van der Waals surface area contributed by atoms with Crippen LogP contribution < -0.4 is 0 Å². The number of halogens is 2. The average Bonchev–Trinajstić information content (AvgIpc) is 3.15. The van der Waals surface area contributed by atoms with E-state index in [4.69, 9.17) is 9.47 Å². The molecule has 0 unspecified atom stereocenters. The Bertz CT molecular complexity index is 682. The van der Waals surface area contributed by atoms with Gasteiger partial charge in [-0.3, -0.25) is 0 Å². The molecule has 0 saturated carbocycles. The molecule has 0 fully saturated rings. The van der Waals surface area contributed by atoms with E-state index in [0.29, 0.717) is 13.5 Å². The molecule has 0 amide bonds. The molecule has 0 aliphatic carbocycles. The van der Waals surface area contributed by atoms with Gasteiger partial charge in [0.25, 0.3) is 0 Å². The van der Waals surface area contributed by atoms with Crippen molar-refractivity contribution in [3.05, 3.63) is 31.9 Å². The molecule has 6 nitrogen and oxygen atoms in total. The van der Waals surface area contributed by atoms with Gasteiger partial charge in [-0.15, -0.1) is 0 Å². The molecule has 2 aromatic rings. The zero-order valence-corrected chi connectivity index (χ0v) is 24.2. The summed E-state index contributed by atoms with van der Waals surface area (Å²) in [6, 6.07) is 6.38. The topological polar surface area (TPSA) is 54.1 Å². The second kappa shape index (κ2) is 12.8. The molecule has 0 saturated heterocycles. The van der Waals surface area contributed by atoms with E-state index in [2.05, 4.69) is 94.7 Å². The van der Waals surface area contributed by atoms with E-state index in [9.17, 15) is 0 Å². The summed E-state index contributed by atoms with van der Waals surface area (Å²) < 4.78 is 16.9. The summed E-state index contributed by atoms with van der Waals surface area (Å²) in [5.41, 5.74) is 0. The summed E-state index contributed by atoms with van der Waals surface area (Å²) in [6.07, 6.45) is 3.74. The van der Waals surface area contributed by atoms with E-state index >= 15 is 0 Å². The molecule has 28 heavy (non-hydrogen) atoms. The van der Waals surface area contributed by atoms with E-state index in [-0.39, 0.29) is 0 Å². The lowest BCUT2D eigenvalue weighted by Gasteiger charge is -2.15. The average molecular weight is 648 g/mol. The highest BCUT2D eigenvalue weighted by atomic mass is 127. The maximum atomic E-state index is 5.57. The minimum atomic E-state index is -0.949. The Hall–Kier alpha value is 0.234. The minimum absolute atomic E-state index is 0.577. The van der Waals surface area contributed by atoms with Gasteiger partial charge >= 0.3 is 0 Å². The fourth-order valence-electron chi connectivity index (χ4n) is 1.89. The Labute approximate surface area is 199 Å². The van der Waals surface area contributed by atoms with Gasteiger partial charge in [0.15, 0.2) is 0 Å². The first kappa shape index (κ1) is 26.3. The molecule has 0 spiro atoms. The molecule has 0 bridgehead atoms. The lowest BCUT2D eigenvalue weighted by atomic mass is 10.7. The van der Waals surface area contributed by atoms with Crippen molar-refractivity contribution in [3.8, 4) is 0 Å². The summed E-state index contributed by atoms with van der Waals surface area (Å²) >= 11 is 4.45. The monoisotopic (exact) mass is 648 g/mol. The zero-order valence-electron chi connectivity index (χ0n) is 17.9. The van der Waals surface area contributed by atoms with E-state index in [0.717, 1.165) is 20.6 Å². The van der Waals surface area contributed by atoms with Crippen molar-refractivity contribution < 1.29 is 9.47 Å². The van der Waals surface area contributed by atoms with E-state index in [1.807, 2.05) is 27.7 Å². The first-order valence-electron chi connectivity index (χ1n) is 9.48. The van der Waals surface area contributed by atoms with Gasteiger partial charge in [-0.25, -0.2) is 9.36 Å². The van der Waals surface area contributed by atoms with Crippen molar-refractivity contribution in [1.29, 1.82) is 0 Å². The number of rotatable bonds is 10. The third kappa shape index (κ3) is 13.5. The Morgan fingerprint density at radius 3 is 1.89 bits per heavy atom. The first-order valence-corrected chi connectivity index (χ1v) is 19.1. The number of nitrogens with zero attached hydrogens (tertiary/aromatic N) is 4. The lowest BCUT2D eigenvalue weighted by Crippen LogP contribution is -2.22. The molecule has 0 atom stereocenters. The van der Waals surface area contributed by atoms with E-state index < -0.39 is 16.1 Å². The molecule has 160 valence electrons. The van der Waals surface area contributed by atoms with Gasteiger partial charge in [-0.05, 0) is 69.4 Å². The molecule has 0 N–H and O–H groups in total. The van der Waals surface area contributed by atoms with Gasteiger partial charge in [0.05, 0.1) is 6.20 Å². The number of hydrogen-bond acceptors (Lipinski definition) is 4. The van der Waals surface area contributed by atoms with Crippen molar-refractivity contribution in [2.45, 2.75) is 64.8 Å². The smallest absolute Gasteiger partial charge is 0.140 e. The fourth-order valence-corrected chi connectivity index (χ4v) is 4.26. The molecule has 0 aliphatic heterocycles. The molecular weight excluding hydrogens is 614 g/mol. The maximum absolute atomic E-state index is 5.57. The second-order valence-electron chi connectivity index (χ2n) is 9.03. The third-order valence-corrected chi connectivity index (χ3v) is 8.60. The molecule has 2 aromatic heterocycles. The number of hydrogen-bond donors (Lipinski definition) is 0. The Morgan fingerprint density at radius 1 is 0.893 bits per heavy atom. The van der Waals surface area contributed by atoms with Crippen LogP contribution in [-0.2, 0) is 22.9 Å². The summed E-state index contributed by atoms with van der Waals surface area (Å²) in [6.45, 7) is 17.0. The quantitative estimate of drug-likeness (QED) is 0.191. The molecule has 2 heterocycles. The highest BCUT2D eigenvalue weighted by molar-refractivity contribution is 14.1. The normalized spacial score (nSPS) is 12.0. The molecule has 10 heteroatoms. The van der Waals surface area contributed by atoms with Crippen molar-refractivity contribution in [1.82, 2.24) is 19.6 Å². The third-order valence-electron chi connectivity index (χ3n) is 3.70. The van der Waals surface area contributed by atoms with Crippen LogP contribution in [0.15, 0.2) is 24.5 Å². The summed E-state index contributed by atoms with van der Waals surface area (Å²) in [7, 11) is -1.90. The highest BCUT2D eigenvalue weighted by Gasteiger charge is 2.12. The van der Waals surface area contributed by atoms with Gasteiger partial charge in [0, 0.05) is 35.6 Å². The van der Waals surface area contributed by atoms with Gasteiger partial charge < -0.3 is 9.47 Å². The van der Waals surface area contributed by atoms with Crippen LogP contribution in [-0.4, -0.2) is 48.9 Å². The standard InChI is InChI=1S/2C9H17IN2OSi/c1-14(2,3)7-6-13-8-12-5-4-9(10)11-12;1-14(2,3)7-6-13-8-12-9(10)4-5-11-12/h2*4-5H,6-8H2,1-3H3. The zero-order chi connectivity index (χ0) is 21.2. The van der Waals surface area contributed by atoms with Crippen LogP contribution in [0.3, 0.4) is 0 Å². The molecule has 2 rings (SSSR count). The maximum Gasteiger partial charge on any atom is 0.140 e. The van der Waals surface area contributed by atoms with Crippen LogP contribution in [0, 0.1) is 7.40 Å². The van der Waals surface area contributed by atoms with Crippen LogP contribution in [0.2, 0.25) is 51.4 Å². The van der Waals surface area contributed by atoms with Crippen LogP contribution in [0.4, 0.5) is 0 Å². The predicted octanol–water partition coefficient (Wildman–Crippen LogP) is 5.60. The van der Waals surface area contributed by atoms with Crippen LogP contribution in [0.25, 0.3) is 0 Å². The number of ether oxygens (including phenoxy) is 2. The Balaban J connectivity index is 0.000000280. The van der Waals surface area contributed by atoms with Gasteiger partial charge in [-0.2, -0.15) is 10.2 Å². The van der Waals surface area contributed by atoms with Gasteiger partial charge in [0.2, 0.25) is 0 Å². The Kier molecular flexibility index (Phi) is 12.0. The fraction of sp³-hybridized carbons (Fsp3) is 0.667. The lowest BCUT2D eigenvalue weighted by molar-refractivity contribution is 0.0767. The summed E-state index contributed by atoms with van der Waals surface area (Å²) in [4.78, 5) is 0. The van der Waals surface area contributed by atoms with Crippen LogP contribution in [0.5, 0.6) is 0 Å². The SMILES string of the molecule is C[Si](C)(C)CCOCn1ccc(I)n1.C[Si](C)(C)CCOCn1nccc1I. The van der Waals surface area contributed by atoms with Crippen LogP contribution >= 0.6 is 45.2 Å². The Morgan fingerprint density at radius 2 is 1.46 bits per heavy atom. The predicted molar refractivity (Wildman–Crippen MR) is 138 cm³/mol. The van der Waals surface area contributed by atoms with Crippen molar-refractivity contribution >= 4 is 61.3 Å². The van der Waals surface area contributed by atoms with E-state index in [1.165, 1.54) is 12.1 Å². The number of aromatic nitrogens is 4. The largest absolute Gasteiger partial charge is 0.360 e. The van der Waals surface area contributed by atoms with Gasteiger partial charge in [-0.1, -0.05) is 39.3 Å². The first-order chi connectivity index (χ1) is 13.0. The second-order valence-corrected chi connectivity index (χ2v) is 22.5. The molecule has 0 aromatic carbocycles. The van der Waals surface area contributed by atoms with E-state index in [1.54, 1.807) is 6.20 Å². The van der Waals surface area contributed by atoms with Crippen molar-refractivity contribution in [2.24, 2.45) is 0 Å². The highest BCUT2D eigenvalue weighted by Crippen LogP contribution is 2.09. The minimum Gasteiger partial charge on any atom is -0.360 e. The van der Waals surface area contributed by atoms with Gasteiger partial charge in [0.1, 0.15) is 20.9 Å². The molecule has 0 radical (unpaired) electrons. The molecule has 0 aliphatic rings. The van der Waals surface area contributed by atoms with Crippen molar-refractivity contribution in [3.63, 3.8) is 0 Å². The van der Waals surface area contributed by atoms with Crippen molar-refractivity contribution in [2.75, 3.05) is 13.2 Å². The van der Waals surface area contributed by atoms with Crippen LogP contribution in [0.1, 0.15) is 0 Å². The molecular formula is C18H34I2N4O2Si2. The summed E-state index contributed by atoms with van der Waals surface area (Å²) in [5.74, 6) is 0.